The molecule has 0 radical (unpaired) electrons. The smallest absolute Gasteiger partial charge is 0.336 e. The van der Waals surface area contributed by atoms with Crippen LogP contribution in [0.4, 0.5) is 0 Å². The van der Waals surface area contributed by atoms with Crippen molar-refractivity contribution in [2.75, 3.05) is 7.11 Å². The maximum absolute atomic E-state index is 12.2. The van der Waals surface area contributed by atoms with Crippen molar-refractivity contribution in [3.8, 4) is 0 Å². The molecule has 0 aromatic carbocycles. The van der Waals surface area contributed by atoms with Gasteiger partial charge in [0, 0.05) is 18.9 Å². The van der Waals surface area contributed by atoms with Crippen molar-refractivity contribution in [1.29, 1.82) is 0 Å². The first-order chi connectivity index (χ1) is 12.2. The van der Waals surface area contributed by atoms with Crippen LogP contribution in [0.1, 0.15) is 58.8 Å². The second-order valence-corrected chi connectivity index (χ2v) is 9.45. The van der Waals surface area contributed by atoms with Gasteiger partial charge in [0.1, 0.15) is 0 Å². The van der Waals surface area contributed by atoms with E-state index in [1.165, 1.54) is 12.7 Å². The molecule has 7 atom stereocenters. The molecule has 3 fully saturated rings. The van der Waals surface area contributed by atoms with Crippen LogP contribution >= 0.6 is 0 Å². The van der Waals surface area contributed by atoms with E-state index in [-0.39, 0.29) is 29.0 Å². The molecule has 0 heterocycles. The molecule has 5 nitrogen and oxygen atoms in total. The fourth-order valence-corrected chi connectivity index (χ4v) is 7.45. The number of ether oxygens (including phenoxy) is 1. The molecule has 144 valence electrons. The first kappa shape index (κ1) is 18.2. The van der Waals surface area contributed by atoms with Gasteiger partial charge in [0.05, 0.1) is 6.10 Å². The van der Waals surface area contributed by atoms with Gasteiger partial charge < -0.3 is 14.9 Å². The highest BCUT2D eigenvalue weighted by Gasteiger charge is 2.69. The molecule has 0 aliphatic heterocycles. The van der Waals surface area contributed by atoms with Gasteiger partial charge in [0.25, 0.3) is 0 Å². The van der Waals surface area contributed by atoms with Crippen molar-refractivity contribution in [2.45, 2.75) is 70.5 Å². The van der Waals surface area contributed by atoms with Crippen LogP contribution in [0.2, 0.25) is 0 Å². The second-order valence-electron chi connectivity index (χ2n) is 9.45. The first-order valence-corrected chi connectivity index (χ1v) is 9.90. The lowest BCUT2D eigenvalue weighted by Crippen LogP contribution is -2.62. The average Bonchev–Trinajstić information content (AvgIpc) is 2.88. The van der Waals surface area contributed by atoms with E-state index in [0.717, 1.165) is 25.7 Å². The fourth-order valence-electron chi connectivity index (χ4n) is 7.45. The molecular formula is C21H30O5. The number of aliphatic hydroxyl groups is 1. The van der Waals surface area contributed by atoms with E-state index in [1.54, 1.807) is 0 Å². The predicted molar refractivity (Wildman–Crippen MR) is 95.5 cm³/mol. The summed E-state index contributed by atoms with van der Waals surface area (Å²) in [4.78, 5) is 24.1. The Hall–Kier alpha value is -1.20. The normalized spacial score (nSPS) is 50.5. The quantitative estimate of drug-likeness (QED) is 0.789. The number of fused-ring (bicyclic) bond motifs is 5. The van der Waals surface area contributed by atoms with Gasteiger partial charge >= 0.3 is 5.97 Å². The van der Waals surface area contributed by atoms with Gasteiger partial charge in [0.2, 0.25) is 0 Å². The predicted octanol–water partition coefficient (Wildman–Crippen LogP) is 2.96. The maximum atomic E-state index is 12.2. The van der Waals surface area contributed by atoms with Crippen LogP contribution in [0.15, 0.2) is 11.6 Å². The molecule has 4 rings (SSSR count). The highest BCUT2D eigenvalue weighted by Crippen LogP contribution is 2.68. The zero-order chi connectivity index (χ0) is 18.9. The minimum Gasteiger partial charge on any atom is -0.479 e. The number of ketones is 1. The van der Waals surface area contributed by atoms with Crippen LogP contribution in [-0.2, 0) is 14.3 Å². The zero-order valence-electron chi connectivity index (χ0n) is 16.0. The van der Waals surface area contributed by atoms with E-state index in [9.17, 15) is 19.8 Å². The molecular weight excluding hydrogens is 332 g/mol. The Morgan fingerprint density at radius 1 is 1.23 bits per heavy atom. The number of carbonyl (C=O) groups excluding carboxylic acids is 1. The standard InChI is InChI=1S/C21H30O5/c1-19-8-6-13(22)10-12(19)4-5-14-15-7-9-21(26-3,18(24)25)20(15,2)11-16(23)17(14)19/h10,14-17,23H,4-9,11H2,1-3H3,(H,24,25)/t14?,15?,16-,17?,19-,20-,21-/m0/s1. The molecule has 0 saturated heterocycles. The van der Waals surface area contributed by atoms with Crippen molar-refractivity contribution in [2.24, 2.45) is 28.6 Å². The highest BCUT2D eigenvalue weighted by molar-refractivity contribution is 5.91. The van der Waals surface area contributed by atoms with Crippen LogP contribution in [0.3, 0.4) is 0 Å². The summed E-state index contributed by atoms with van der Waals surface area (Å²) < 4.78 is 5.64. The lowest BCUT2D eigenvalue weighted by molar-refractivity contribution is -0.201. The lowest BCUT2D eigenvalue weighted by atomic mass is 9.45. The van der Waals surface area contributed by atoms with E-state index in [4.69, 9.17) is 4.74 Å². The van der Waals surface area contributed by atoms with Crippen molar-refractivity contribution < 1.29 is 24.5 Å². The number of aliphatic hydroxyl groups excluding tert-OH is 1. The molecule has 4 aliphatic rings. The summed E-state index contributed by atoms with van der Waals surface area (Å²) in [7, 11) is 1.50. The Bertz CT molecular complexity index is 684. The average molecular weight is 362 g/mol. The molecule has 0 aromatic rings. The third-order valence-electron chi connectivity index (χ3n) is 8.71. The van der Waals surface area contributed by atoms with Crippen molar-refractivity contribution >= 4 is 11.8 Å². The summed E-state index contributed by atoms with van der Waals surface area (Å²) in [5.74, 6) is -0.0636. The molecule has 3 saturated carbocycles. The zero-order valence-corrected chi connectivity index (χ0v) is 16.0. The molecule has 26 heavy (non-hydrogen) atoms. The van der Waals surface area contributed by atoms with Crippen LogP contribution in [0.25, 0.3) is 0 Å². The Morgan fingerprint density at radius 3 is 2.62 bits per heavy atom. The lowest BCUT2D eigenvalue weighted by Gasteiger charge is -2.60. The molecule has 5 heteroatoms. The SMILES string of the molecule is CO[C@]1(C(=O)O)CCC2C3CCC4=CC(=O)CC[C@]4(C)C3[C@@H](O)C[C@@]21C. The largest absolute Gasteiger partial charge is 0.479 e. The minimum atomic E-state index is -1.21. The summed E-state index contributed by atoms with van der Waals surface area (Å²) in [6.07, 6.45) is 6.22. The van der Waals surface area contributed by atoms with E-state index >= 15 is 0 Å². The number of rotatable bonds is 2. The number of carbonyl (C=O) groups is 2. The molecule has 2 N–H and O–H groups in total. The van der Waals surface area contributed by atoms with E-state index < -0.39 is 23.1 Å². The number of carboxylic acids is 1. The summed E-state index contributed by atoms with van der Waals surface area (Å²) in [5.41, 5.74) is -0.703. The van der Waals surface area contributed by atoms with Gasteiger partial charge in [-0.3, -0.25) is 4.79 Å². The Balaban J connectivity index is 1.76. The molecule has 0 amide bonds. The van der Waals surface area contributed by atoms with Gasteiger partial charge in [-0.1, -0.05) is 19.4 Å². The minimum absolute atomic E-state index is 0.107. The third-order valence-corrected chi connectivity index (χ3v) is 8.71. The number of methoxy groups -OCH3 is 1. The summed E-state index contributed by atoms with van der Waals surface area (Å²) in [5, 5.41) is 21.2. The van der Waals surface area contributed by atoms with Crippen LogP contribution in [-0.4, -0.2) is 40.8 Å². The van der Waals surface area contributed by atoms with E-state index in [2.05, 4.69) is 6.92 Å². The number of hydrogen-bond donors (Lipinski definition) is 2. The van der Waals surface area contributed by atoms with Crippen molar-refractivity contribution in [1.82, 2.24) is 0 Å². The van der Waals surface area contributed by atoms with Crippen LogP contribution in [0.5, 0.6) is 0 Å². The third kappa shape index (κ3) is 2.04. The van der Waals surface area contributed by atoms with Crippen LogP contribution in [0, 0.1) is 28.6 Å². The monoisotopic (exact) mass is 362 g/mol. The molecule has 0 spiro atoms. The number of allylic oxidation sites excluding steroid dienone is 1. The topological polar surface area (TPSA) is 83.8 Å². The van der Waals surface area contributed by atoms with Gasteiger partial charge in [-0.05, 0) is 67.8 Å². The summed E-state index contributed by atoms with van der Waals surface area (Å²) in [6, 6.07) is 0. The van der Waals surface area contributed by atoms with E-state index in [0.29, 0.717) is 19.3 Å². The van der Waals surface area contributed by atoms with Gasteiger partial charge in [-0.15, -0.1) is 0 Å². The van der Waals surface area contributed by atoms with Crippen molar-refractivity contribution in [3.63, 3.8) is 0 Å². The Morgan fingerprint density at radius 2 is 1.96 bits per heavy atom. The number of hydrogen-bond acceptors (Lipinski definition) is 4. The molecule has 0 aromatic heterocycles. The van der Waals surface area contributed by atoms with Crippen molar-refractivity contribution in [3.05, 3.63) is 11.6 Å². The number of aliphatic carboxylic acids is 1. The highest BCUT2D eigenvalue weighted by atomic mass is 16.5. The molecule has 4 aliphatic carbocycles. The number of carboxylic acid groups (broad SMARTS) is 1. The second kappa shape index (κ2) is 5.65. The van der Waals surface area contributed by atoms with E-state index in [1.807, 2.05) is 13.0 Å². The summed E-state index contributed by atoms with van der Waals surface area (Å²) >= 11 is 0. The van der Waals surface area contributed by atoms with Gasteiger partial charge in [-0.2, -0.15) is 0 Å². The summed E-state index contributed by atoms with van der Waals surface area (Å²) in [6.45, 7) is 4.23. The molecule has 0 bridgehead atoms. The molecule has 3 unspecified atom stereocenters. The maximum Gasteiger partial charge on any atom is 0.336 e. The first-order valence-electron chi connectivity index (χ1n) is 9.90. The Kier molecular flexibility index (Phi) is 3.95. The fraction of sp³-hybridized carbons (Fsp3) is 0.810. The van der Waals surface area contributed by atoms with Gasteiger partial charge in [0.15, 0.2) is 11.4 Å². The van der Waals surface area contributed by atoms with Gasteiger partial charge in [-0.25, -0.2) is 4.79 Å². The Labute approximate surface area is 154 Å². The van der Waals surface area contributed by atoms with Crippen LogP contribution < -0.4 is 0 Å².